The summed E-state index contributed by atoms with van der Waals surface area (Å²) in [6, 6.07) is 2.05. The maximum absolute atomic E-state index is 10.4. The van der Waals surface area contributed by atoms with E-state index in [9.17, 15) is 5.11 Å². The molecule has 0 aliphatic rings. The smallest absolute Gasteiger partial charge is 0.0858 e. The predicted molar refractivity (Wildman–Crippen MR) is 88.9 cm³/mol. The average molecular weight is 288 g/mol. The third-order valence-electron chi connectivity index (χ3n) is 3.73. The molecule has 0 saturated carbocycles. The summed E-state index contributed by atoms with van der Waals surface area (Å²) >= 11 is 0. The molecular formula is C18H28N2O. The molecule has 0 amide bonds. The van der Waals surface area contributed by atoms with Gasteiger partial charge in [-0.3, -0.25) is 4.98 Å². The zero-order chi connectivity index (χ0) is 16.3. The largest absolute Gasteiger partial charge is 0.404 e. The van der Waals surface area contributed by atoms with Gasteiger partial charge in [0.25, 0.3) is 0 Å². The van der Waals surface area contributed by atoms with Crippen LogP contribution in [-0.4, -0.2) is 10.1 Å². The lowest BCUT2D eigenvalue weighted by Crippen LogP contribution is -2.25. The molecule has 0 aliphatic heterocycles. The lowest BCUT2D eigenvalue weighted by Gasteiger charge is -2.30. The van der Waals surface area contributed by atoms with Gasteiger partial charge < -0.3 is 10.8 Å². The van der Waals surface area contributed by atoms with Crippen LogP contribution in [0.25, 0.3) is 0 Å². The Kier molecular flexibility index (Phi) is 5.35. The van der Waals surface area contributed by atoms with Crippen molar-refractivity contribution in [2.24, 2.45) is 5.73 Å². The van der Waals surface area contributed by atoms with E-state index in [1.54, 1.807) is 26.2 Å². The summed E-state index contributed by atoms with van der Waals surface area (Å²) in [6.07, 6.45) is 8.51. The van der Waals surface area contributed by atoms with Crippen LogP contribution in [-0.2, 0) is 11.0 Å². The number of hydrogen-bond donors (Lipinski definition) is 2. The van der Waals surface area contributed by atoms with E-state index >= 15 is 0 Å². The highest BCUT2D eigenvalue weighted by Gasteiger charge is 2.28. The summed E-state index contributed by atoms with van der Waals surface area (Å²) in [4.78, 5) is 4.33. The number of nitrogens with zero attached hydrogens (tertiary/aromatic N) is 1. The Morgan fingerprint density at radius 2 is 1.90 bits per heavy atom. The molecule has 0 aliphatic carbocycles. The van der Waals surface area contributed by atoms with Crippen LogP contribution < -0.4 is 5.73 Å². The van der Waals surface area contributed by atoms with Gasteiger partial charge in [0.1, 0.15) is 0 Å². The first-order valence-electron chi connectivity index (χ1n) is 7.41. The van der Waals surface area contributed by atoms with Gasteiger partial charge in [-0.15, -0.1) is 0 Å². The summed E-state index contributed by atoms with van der Waals surface area (Å²) in [7, 11) is 0. The first kappa shape index (κ1) is 17.4. The molecule has 0 saturated heterocycles. The quantitative estimate of drug-likeness (QED) is 0.812. The third kappa shape index (κ3) is 4.43. The number of aryl methyl sites for hydroxylation is 1. The molecule has 21 heavy (non-hydrogen) atoms. The molecule has 3 heteroatoms. The van der Waals surface area contributed by atoms with Crippen molar-refractivity contribution in [2.75, 3.05) is 0 Å². The molecule has 1 aromatic rings. The lowest BCUT2D eigenvalue weighted by molar-refractivity contribution is 0.0764. The normalized spacial score (nSPS) is 14.0. The Bertz CT molecular complexity index is 549. The standard InChI is InChI=1S/C18H28N2O/c1-7-14(11-19)8-9-17(3,4)15-10-13(2)20-12-16(15)18(5,6)21/h8-12,21H,7,19H2,1-6H3/b9-8-,14-11+. The van der Waals surface area contributed by atoms with Crippen LogP contribution in [0.1, 0.15) is 57.9 Å². The fraction of sp³-hybridized carbons (Fsp3) is 0.500. The van der Waals surface area contributed by atoms with Crippen molar-refractivity contribution in [3.05, 3.63) is 53.0 Å². The van der Waals surface area contributed by atoms with E-state index in [1.165, 1.54) is 0 Å². The Balaban J connectivity index is 3.33. The second-order valence-electron chi connectivity index (χ2n) is 6.58. The minimum absolute atomic E-state index is 0.216. The lowest BCUT2D eigenvalue weighted by atomic mass is 9.78. The Morgan fingerprint density at radius 3 is 2.38 bits per heavy atom. The van der Waals surface area contributed by atoms with Gasteiger partial charge in [-0.2, -0.15) is 0 Å². The summed E-state index contributed by atoms with van der Waals surface area (Å²) in [5.41, 5.74) is 8.47. The molecule has 1 aromatic heterocycles. The maximum Gasteiger partial charge on any atom is 0.0858 e. The number of aliphatic hydroxyl groups is 1. The van der Waals surface area contributed by atoms with E-state index in [4.69, 9.17) is 5.73 Å². The summed E-state index contributed by atoms with van der Waals surface area (Å²) < 4.78 is 0. The molecule has 0 fully saturated rings. The molecule has 3 N–H and O–H groups in total. The third-order valence-corrected chi connectivity index (χ3v) is 3.73. The highest BCUT2D eigenvalue weighted by atomic mass is 16.3. The molecule has 3 nitrogen and oxygen atoms in total. The highest BCUT2D eigenvalue weighted by Crippen LogP contribution is 2.34. The molecule has 0 radical (unpaired) electrons. The van der Waals surface area contributed by atoms with Gasteiger partial charge in [0.15, 0.2) is 0 Å². The first-order valence-corrected chi connectivity index (χ1v) is 7.41. The fourth-order valence-electron chi connectivity index (χ4n) is 2.28. The monoisotopic (exact) mass is 288 g/mol. The van der Waals surface area contributed by atoms with E-state index < -0.39 is 5.60 Å². The summed E-state index contributed by atoms with van der Waals surface area (Å²) in [5.74, 6) is 0. The SMILES string of the molecule is CCC(/C=C\C(C)(C)c1cc(C)ncc1C(C)(C)O)=C\N. The van der Waals surface area contributed by atoms with Gasteiger partial charge in [-0.1, -0.05) is 32.9 Å². The van der Waals surface area contributed by atoms with Crippen LogP contribution >= 0.6 is 0 Å². The molecule has 1 heterocycles. The van der Waals surface area contributed by atoms with Gasteiger partial charge in [0.2, 0.25) is 0 Å². The minimum Gasteiger partial charge on any atom is -0.404 e. The van der Waals surface area contributed by atoms with Crippen molar-refractivity contribution >= 4 is 0 Å². The minimum atomic E-state index is -0.918. The van der Waals surface area contributed by atoms with Crippen LogP contribution in [0.5, 0.6) is 0 Å². The van der Waals surface area contributed by atoms with Crippen LogP contribution in [0, 0.1) is 6.92 Å². The van der Waals surface area contributed by atoms with Crippen LogP contribution in [0.2, 0.25) is 0 Å². The number of nitrogens with two attached hydrogens (primary N) is 1. The Hall–Kier alpha value is -1.61. The van der Waals surface area contributed by atoms with Crippen LogP contribution in [0.4, 0.5) is 0 Å². The van der Waals surface area contributed by atoms with E-state index in [0.29, 0.717) is 0 Å². The van der Waals surface area contributed by atoms with Crippen LogP contribution in [0.3, 0.4) is 0 Å². The Labute approximate surface area is 128 Å². The van der Waals surface area contributed by atoms with Gasteiger partial charge in [0, 0.05) is 22.9 Å². The second-order valence-corrected chi connectivity index (χ2v) is 6.58. The maximum atomic E-state index is 10.4. The van der Waals surface area contributed by atoms with Gasteiger partial charge in [-0.05, 0) is 50.6 Å². The number of rotatable bonds is 5. The molecule has 0 spiro atoms. The molecule has 116 valence electrons. The van der Waals surface area contributed by atoms with Crippen molar-refractivity contribution in [3.8, 4) is 0 Å². The number of pyridine rings is 1. The van der Waals surface area contributed by atoms with Crippen molar-refractivity contribution in [2.45, 2.75) is 59.0 Å². The fourth-order valence-corrected chi connectivity index (χ4v) is 2.28. The van der Waals surface area contributed by atoms with E-state index in [1.807, 2.05) is 6.92 Å². The summed E-state index contributed by atoms with van der Waals surface area (Å²) in [6.45, 7) is 11.9. The van der Waals surface area contributed by atoms with Gasteiger partial charge in [-0.25, -0.2) is 0 Å². The molecule has 0 atom stereocenters. The molecule has 1 rings (SSSR count). The Morgan fingerprint density at radius 1 is 1.29 bits per heavy atom. The number of aromatic nitrogens is 1. The van der Waals surface area contributed by atoms with Crippen LogP contribution in [0.15, 0.2) is 36.2 Å². The van der Waals surface area contributed by atoms with E-state index in [-0.39, 0.29) is 5.41 Å². The predicted octanol–water partition coefficient (Wildman–Crippen LogP) is 3.70. The van der Waals surface area contributed by atoms with Crippen molar-refractivity contribution in [1.29, 1.82) is 0 Å². The van der Waals surface area contributed by atoms with E-state index in [2.05, 4.69) is 44.0 Å². The van der Waals surface area contributed by atoms with E-state index in [0.717, 1.165) is 28.8 Å². The van der Waals surface area contributed by atoms with Crippen molar-refractivity contribution in [3.63, 3.8) is 0 Å². The highest BCUT2D eigenvalue weighted by molar-refractivity contribution is 5.40. The number of allylic oxidation sites excluding steroid dienone is 3. The zero-order valence-electron chi connectivity index (χ0n) is 14.1. The number of hydrogen-bond acceptors (Lipinski definition) is 3. The topological polar surface area (TPSA) is 59.1 Å². The second kappa shape index (κ2) is 6.44. The average Bonchev–Trinajstić information content (AvgIpc) is 2.38. The molecule has 0 bridgehead atoms. The zero-order valence-corrected chi connectivity index (χ0v) is 14.1. The molecular weight excluding hydrogens is 260 g/mol. The molecule has 0 aromatic carbocycles. The molecule has 0 unspecified atom stereocenters. The van der Waals surface area contributed by atoms with Gasteiger partial charge >= 0.3 is 0 Å². The van der Waals surface area contributed by atoms with Crippen molar-refractivity contribution < 1.29 is 5.11 Å². The first-order chi connectivity index (χ1) is 9.61. The van der Waals surface area contributed by atoms with Gasteiger partial charge in [0.05, 0.1) is 5.60 Å². The van der Waals surface area contributed by atoms with Crippen molar-refractivity contribution in [1.82, 2.24) is 4.98 Å². The summed E-state index contributed by atoms with van der Waals surface area (Å²) in [5, 5.41) is 10.4.